The highest BCUT2D eigenvalue weighted by molar-refractivity contribution is 6.30. The van der Waals surface area contributed by atoms with Gasteiger partial charge in [0, 0.05) is 27.7 Å². The molecule has 0 radical (unpaired) electrons. The first-order chi connectivity index (χ1) is 9.78. The summed E-state index contributed by atoms with van der Waals surface area (Å²) in [5.74, 6) is 0. The van der Waals surface area contributed by atoms with Gasteiger partial charge in [-0.3, -0.25) is 0 Å². The van der Waals surface area contributed by atoms with E-state index in [1.165, 1.54) is 0 Å². The Balaban J connectivity index is 2.13. The molecule has 0 fully saturated rings. The number of allylic oxidation sites excluding steroid dienone is 1. The molecule has 0 aliphatic rings. The van der Waals surface area contributed by atoms with Crippen molar-refractivity contribution in [2.24, 2.45) is 0 Å². The topological polar surface area (TPSA) is 39.6 Å². The highest BCUT2D eigenvalue weighted by atomic mass is 35.5. The molecule has 96 valence electrons. The Labute approximate surface area is 121 Å². The van der Waals surface area contributed by atoms with Crippen molar-refractivity contribution in [3.05, 3.63) is 70.9 Å². The number of rotatable bonds is 2. The van der Waals surface area contributed by atoms with Gasteiger partial charge in [0.15, 0.2) is 0 Å². The number of hydrogen-bond acceptors (Lipinski definition) is 1. The van der Waals surface area contributed by atoms with Gasteiger partial charge in [0.2, 0.25) is 0 Å². The van der Waals surface area contributed by atoms with E-state index in [4.69, 9.17) is 11.6 Å². The number of benzene rings is 2. The molecule has 20 heavy (non-hydrogen) atoms. The van der Waals surface area contributed by atoms with Crippen LogP contribution < -0.4 is 0 Å². The van der Waals surface area contributed by atoms with Crippen molar-refractivity contribution < 1.29 is 0 Å². The van der Waals surface area contributed by atoms with Gasteiger partial charge in [-0.15, -0.1) is 0 Å². The van der Waals surface area contributed by atoms with Gasteiger partial charge in [0.05, 0.1) is 11.6 Å². The summed E-state index contributed by atoms with van der Waals surface area (Å²) in [6.45, 7) is 0. The van der Waals surface area contributed by atoms with Gasteiger partial charge in [-0.05, 0) is 29.8 Å². The highest BCUT2D eigenvalue weighted by Crippen LogP contribution is 2.26. The van der Waals surface area contributed by atoms with Crippen molar-refractivity contribution in [1.29, 1.82) is 5.26 Å². The molecule has 0 bridgehead atoms. The van der Waals surface area contributed by atoms with Gasteiger partial charge in [0.1, 0.15) is 0 Å². The molecule has 2 aromatic carbocycles. The lowest BCUT2D eigenvalue weighted by Gasteiger charge is -1.99. The summed E-state index contributed by atoms with van der Waals surface area (Å²) < 4.78 is 0. The van der Waals surface area contributed by atoms with E-state index in [0.717, 1.165) is 22.0 Å². The largest absolute Gasteiger partial charge is 0.361 e. The molecule has 0 atom stereocenters. The van der Waals surface area contributed by atoms with Crippen LogP contribution in [-0.2, 0) is 0 Å². The van der Waals surface area contributed by atoms with E-state index < -0.39 is 0 Å². The van der Waals surface area contributed by atoms with Gasteiger partial charge in [-0.1, -0.05) is 41.9 Å². The number of nitrogens with one attached hydrogen (secondary N) is 1. The van der Waals surface area contributed by atoms with E-state index >= 15 is 0 Å². The molecule has 0 spiro atoms. The van der Waals surface area contributed by atoms with Crippen LogP contribution in [-0.4, -0.2) is 4.98 Å². The number of para-hydroxylation sites is 1. The average Bonchev–Trinajstić information content (AvgIpc) is 2.89. The smallest absolute Gasteiger partial charge is 0.0998 e. The van der Waals surface area contributed by atoms with Crippen LogP contribution in [0.4, 0.5) is 0 Å². The summed E-state index contributed by atoms with van der Waals surface area (Å²) in [4.78, 5) is 3.18. The zero-order chi connectivity index (χ0) is 13.9. The van der Waals surface area contributed by atoms with Crippen LogP contribution >= 0.6 is 11.6 Å². The van der Waals surface area contributed by atoms with E-state index in [1.54, 1.807) is 0 Å². The van der Waals surface area contributed by atoms with Crippen LogP contribution in [0, 0.1) is 11.3 Å². The maximum absolute atomic E-state index is 9.42. The summed E-state index contributed by atoms with van der Waals surface area (Å²) in [5.41, 5.74) is 3.46. The normalized spacial score (nSPS) is 11.5. The van der Waals surface area contributed by atoms with Crippen LogP contribution in [0.15, 0.2) is 54.7 Å². The number of aromatic amines is 1. The summed E-state index contributed by atoms with van der Waals surface area (Å²) in [5, 5.41) is 11.1. The lowest BCUT2D eigenvalue weighted by atomic mass is 10.0. The first-order valence-electron chi connectivity index (χ1n) is 6.22. The minimum atomic E-state index is 0.615. The SMILES string of the molecule is N#C/C(=C\c1cccc(Cl)c1)c1c[nH]c2ccccc12. The van der Waals surface area contributed by atoms with E-state index in [-0.39, 0.29) is 0 Å². The molecule has 2 nitrogen and oxygen atoms in total. The van der Waals surface area contributed by atoms with Crippen LogP contribution in [0.2, 0.25) is 5.02 Å². The molecule has 1 N–H and O–H groups in total. The molecule has 0 aliphatic heterocycles. The standard InChI is InChI=1S/C17H11ClN2/c18-14-5-3-4-12(9-14)8-13(10-19)16-11-20-17-7-2-1-6-15(16)17/h1-9,11,20H/b13-8+. The van der Waals surface area contributed by atoms with Crippen LogP contribution in [0.1, 0.15) is 11.1 Å². The fraction of sp³-hybridized carbons (Fsp3) is 0. The van der Waals surface area contributed by atoms with Crippen molar-refractivity contribution in [2.45, 2.75) is 0 Å². The molecule has 0 aliphatic carbocycles. The Morgan fingerprint density at radius 2 is 2.00 bits per heavy atom. The number of hydrogen-bond donors (Lipinski definition) is 1. The quantitative estimate of drug-likeness (QED) is 0.666. The van der Waals surface area contributed by atoms with Crippen LogP contribution in [0.5, 0.6) is 0 Å². The number of fused-ring (bicyclic) bond motifs is 1. The molecule has 0 saturated carbocycles. The number of nitrogens with zero attached hydrogens (tertiary/aromatic N) is 1. The summed E-state index contributed by atoms with van der Waals surface area (Å²) >= 11 is 5.97. The second-order valence-corrected chi connectivity index (χ2v) is 4.91. The third-order valence-corrected chi connectivity index (χ3v) is 3.39. The Hall–Kier alpha value is -2.50. The molecule has 3 rings (SSSR count). The van der Waals surface area contributed by atoms with Gasteiger partial charge in [-0.2, -0.15) is 5.26 Å². The Kier molecular flexibility index (Phi) is 3.28. The Bertz CT molecular complexity index is 837. The number of aromatic nitrogens is 1. The lowest BCUT2D eigenvalue weighted by Crippen LogP contribution is -1.80. The second-order valence-electron chi connectivity index (χ2n) is 4.47. The molecule has 0 amide bonds. The monoisotopic (exact) mass is 278 g/mol. The molecule has 0 saturated heterocycles. The molecular weight excluding hydrogens is 268 g/mol. The summed E-state index contributed by atoms with van der Waals surface area (Å²) in [6.07, 6.45) is 3.71. The average molecular weight is 279 g/mol. The van der Waals surface area contributed by atoms with E-state index in [9.17, 15) is 5.26 Å². The minimum absolute atomic E-state index is 0.615. The zero-order valence-electron chi connectivity index (χ0n) is 10.6. The van der Waals surface area contributed by atoms with Crippen LogP contribution in [0.25, 0.3) is 22.6 Å². The summed E-state index contributed by atoms with van der Waals surface area (Å²) in [7, 11) is 0. The summed E-state index contributed by atoms with van der Waals surface area (Å²) in [6, 6.07) is 17.7. The fourth-order valence-electron chi connectivity index (χ4n) is 2.23. The first-order valence-corrected chi connectivity index (χ1v) is 6.59. The molecule has 0 unspecified atom stereocenters. The molecule has 1 aromatic heterocycles. The predicted octanol–water partition coefficient (Wildman–Crippen LogP) is 4.89. The van der Waals surface area contributed by atoms with Gasteiger partial charge >= 0.3 is 0 Å². The van der Waals surface area contributed by atoms with E-state index in [0.29, 0.717) is 10.6 Å². The zero-order valence-corrected chi connectivity index (χ0v) is 11.4. The third kappa shape index (κ3) is 2.32. The van der Waals surface area contributed by atoms with Gasteiger partial charge in [-0.25, -0.2) is 0 Å². The number of nitriles is 1. The third-order valence-electron chi connectivity index (χ3n) is 3.16. The van der Waals surface area contributed by atoms with E-state index in [1.807, 2.05) is 60.8 Å². The van der Waals surface area contributed by atoms with Crippen LogP contribution in [0.3, 0.4) is 0 Å². The lowest BCUT2D eigenvalue weighted by molar-refractivity contribution is 1.46. The molecule has 3 heteroatoms. The van der Waals surface area contributed by atoms with Crippen molar-refractivity contribution in [2.75, 3.05) is 0 Å². The van der Waals surface area contributed by atoms with Crippen molar-refractivity contribution in [1.82, 2.24) is 4.98 Å². The maximum Gasteiger partial charge on any atom is 0.0998 e. The Morgan fingerprint density at radius 3 is 2.80 bits per heavy atom. The van der Waals surface area contributed by atoms with Gasteiger partial charge in [0.25, 0.3) is 0 Å². The maximum atomic E-state index is 9.42. The van der Waals surface area contributed by atoms with Crippen molar-refractivity contribution >= 4 is 34.2 Å². The fourth-order valence-corrected chi connectivity index (χ4v) is 2.43. The second kappa shape index (κ2) is 5.24. The predicted molar refractivity (Wildman–Crippen MR) is 83.2 cm³/mol. The number of halogens is 1. The van der Waals surface area contributed by atoms with Crippen molar-refractivity contribution in [3.63, 3.8) is 0 Å². The molecule has 1 heterocycles. The minimum Gasteiger partial charge on any atom is -0.361 e. The van der Waals surface area contributed by atoms with Gasteiger partial charge < -0.3 is 4.98 Å². The molecule has 3 aromatic rings. The van der Waals surface area contributed by atoms with E-state index in [2.05, 4.69) is 11.1 Å². The number of H-pyrrole nitrogens is 1. The van der Waals surface area contributed by atoms with Crippen molar-refractivity contribution in [3.8, 4) is 6.07 Å². The Morgan fingerprint density at radius 1 is 1.15 bits per heavy atom. The molecular formula is C17H11ClN2. The highest BCUT2D eigenvalue weighted by Gasteiger charge is 2.07. The first kappa shape index (κ1) is 12.5.